The van der Waals surface area contributed by atoms with Crippen LogP contribution in [0.5, 0.6) is 5.75 Å². The second-order valence-corrected chi connectivity index (χ2v) is 4.89. The first kappa shape index (κ1) is 13.5. The van der Waals surface area contributed by atoms with E-state index in [4.69, 9.17) is 0 Å². The molecule has 5 heteroatoms. The number of halogens is 2. The molecule has 0 unspecified atom stereocenters. The van der Waals surface area contributed by atoms with Crippen molar-refractivity contribution in [2.75, 3.05) is 5.32 Å². The smallest absolute Gasteiger partial charge is 0.229 e. The second-order valence-electron chi connectivity index (χ2n) is 3.98. The van der Waals surface area contributed by atoms with Crippen molar-refractivity contribution in [3.8, 4) is 5.75 Å². The number of rotatable bonds is 3. The van der Waals surface area contributed by atoms with Gasteiger partial charge in [0.25, 0.3) is 0 Å². The highest BCUT2D eigenvalue weighted by molar-refractivity contribution is 9.10. The minimum Gasteiger partial charge on any atom is -0.508 e. The number of aromatic hydroxyl groups is 1. The van der Waals surface area contributed by atoms with Crippen molar-refractivity contribution in [3.63, 3.8) is 0 Å². The van der Waals surface area contributed by atoms with E-state index in [0.717, 1.165) is 0 Å². The van der Waals surface area contributed by atoms with Gasteiger partial charge in [0, 0.05) is 10.0 Å². The van der Waals surface area contributed by atoms with Gasteiger partial charge in [-0.2, -0.15) is 0 Å². The van der Waals surface area contributed by atoms with Gasteiger partial charge in [-0.05, 0) is 24.3 Å². The lowest BCUT2D eigenvalue weighted by molar-refractivity contribution is -0.115. The van der Waals surface area contributed by atoms with Crippen molar-refractivity contribution in [2.24, 2.45) is 0 Å². The van der Waals surface area contributed by atoms with Crippen molar-refractivity contribution in [3.05, 3.63) is 58.3 Å². The number of para-hydroxylation sites is 1. The third-order valence-electron chi connectivity index (χ3n) is 2.55. The van der Waals surface area contributed by atoms with Crippen molar-refractivity contribution < 1.29 is 14.3 Å². The number of hydrogen-bond acceptors (Lipinski definition) is 2. The Hall–Kier alpha value is -1.88. The summed E-state index contributed by atoms with van der Waals surface area (Å²) in [5.74, 6) is -0.848. The zero-order valence-electron chi connectivity index (χ0n) is 9.86. The highest BCUT2D eigenvalue weighted by Gasteiger charge is 2.10. The summed E-state index contributed by atoms with van der Waals surface area (Å²) in [6.07, 6.45) is -0.0153. The van der Waals surface area contributed by atoms with E-state index in [-0.39, 0.29) is 17.9 Å². The third-order valence-corrected chi connectivity index (χ3v) is 3.04. The van der Waals surface area contributed by atoms with Crippen LogP contribution in [0.15, 0.2) is 46.9 Å². The molecule has 2 N–H and O–H groups in total. The summed E-state index contributed by atoms with van der Waals surface area (Å²) in [7, 11) is 0. The first-order chi connectivity index (χ1) is 9.06. The van der Waals surface area contributed by atoms with Crippen LogP contribution in [-0.2, 0) is 11.2 Å². The van der Waals surface area contributed by atoms with Gasteiger partial charge in [-0.3, -0.25) is 4.79 Å². The number of carbonyl (C=O) groups excluding carboxylic acids is 1. The molecule has 1 amide bonds. The third kappa shape index (κ3) is 3.54. The van der Waals surface area contributed by atoms with Gasteiger partial charge in [0.05, 0.1) is 12.1 Å². The normalized spacial score (nSPS) is 10.2. The molecule has 0 bridgehead atoms. The predicted octanol–water partition coefficient (Wildman–Crippen LogP) is 3.48. The number of benzene rings is 2. The topological polar surface area (TPSA) is 49.3 Å². The quantitative estimate of drug-likeness (QED) is 0.908. The molecular formula is C14H11BrFNO2. The molecule has 19 heavy (non-hydrogen) atoms. The van der Waals surface area contributed by atoms with Crippen LogP contribution in [-0.4, -0.2) is 11.0 Å². The van der Waals surface area contributed by atoms with Crippen LogP contribution in [0.2, 0.25) is 0 Å². The molecule has 0 spiro atoms. The molecule has 0 aliphatic rings. The largest absolute Gasteiger partial charge is 0.508 e. The minimum atomic E-state index is -0.506. The molecule has 0 radical (unpaired) electrons. The van der Waals surface area contributed by atoms with E-state index in [2.05, 4.69) is 21.2 Å². The maximum Gasteiger partial charge on any atom is 0.229 e. The first-order valence-corrected chi connectivity index (χ1v) is 6.37. The SMILES string of the molecule is O=C(Cc1ccccc1O)Nc1cc(Br)ccc1F. The number of carbonyl (C=O) groups is 1. The van der Waals surface area contributed by atoms with Crippen molar-refractivity contribution in [1.29, 1.82) is 0 Å². The van der Waals surface area contributed by atoms with Crippen LogP contribution in [0.25, 0.3) is 0 Å². The van der Waals surface area contributed by atoms with Gasteiger partial charge in [0.15, 0.2) is 0 Å². The summed E-state index contributed by atoms with van der Waals surface area (Å²) in [5.41, 5.74) is 0.602. The molecule has 2 aromatic carbocycles. The Morgan fingerprint density at radius 2 is 2.00 bits per heavy atom. The lowest BCUT2D eigenvalue weighted by Crippen LogP contribution is -2.15. The standard InChI is InChI=1S/C14H11BrFNO2/c15-10-5-6-11(16)12(8-10)17-14(19)7-9-3-1-2-4-13(9)18/h1-6,8,18H,7H2,(H,17,19). The lowest BCUT2D eigenvalue weighted by atomic mass is 10.1. The number of phenolic OH excluding ortho intramolecular Hbond substituents is 1. The van der Waals surface area contributed by atoms with Gasteiger partial charge in [-0.15, -0.1) is 0 Å². The Morgan fingerprint density at radius 1 is 1.26 bits per heavy atom. The summed E-state index contributed by atoms with van der Waals surface area (Å²) in [6, 6.07) is 10.8. The van der Waals surface area contributed by atoms with Crippen LogP contribution in [0.4, 0.5) is 10.1 Å². The molecule has 0 aromatic heterocycles. The molecule has 0 aliphatic heterocycles. The highest BCUT2D eigenvalue weighted by atomic mass is 79.9. The van der Waals surface area contributed by atoms with Crippen LogP contribution >= 0.6 is 15.9 Å². The van der Waals surface area contributed by atoms with Gasteiger partial charge < -0.3 is 10.4 Å². The Morgan fingerprint density at radius 3 is 2.74 bits per heavy atom. The van der Waals surface area contributed by atoms with Gasteiger partial charge >= 0.3 is 0 Å². The Bertz CT molecular complexity index is 616. The fraction of sp³-hybridized carbons (Fsp3) is 0.0714. The maximum atomic E-state index is 13.5. The molecular weight excluding hydrogens is 313 g/mol. The Labute approximate surface area is 118 Å². The fourth-order valence-electron chi connectivity index (χ4n) is 1.62. The van der Waals surface area contributed by atoms with Crippen LogP contribution in [0.3, 0.4) is 0 Å². The number of nitrogens with one attached hydrogen (secondary N) is 1. The van der Waals surface area contributed by atoms with Gasteiger partial charge in [0.1, 0.15) is 11.6 Å². The van der Waals surface area contributed by atoms with Crippen LogP contribution < -0.4 is 5.32 Å². The highest BCUT2D eigenvalue weighted by Crippen LogP contribution is 2.21. The molecule has 3 nitrogen and oxygen atoms in total. The van der Waals surface area contributed by atoms with E-state index >= 15 is 0 Å². The first-order valence-electron chi connectivity index (χ1n) is 5.58. The number of amides is 1. The molecule has 0 heterocycles. The van der Waals surface area contributed by atoms with E-state index in [0.29, 0.717) is 10.0 Å². The number of anilines is 1. The number of phenols is 1. The average molecular weight is 324 g/mol. The molecule has 0 atom stereocenters. The van der Waals surface area contributed by atoms with Crippen molar-refractivity contribution >= 4 is 27.5 Å². The molecule has 2 aromatic rings. The Kier molecular flexibility index (Phi) is 4.16. The van der Waals surface area contributed by atoms with E-state index in [1.807, 2.05) is 0 Å². The molecule has 0 saturated carbocycles. The summed E-state index contributed by atoms with van der Waals surface area (Å²) < 4.78 is 14.1. The zero-order chi connectivity index (χ0) is 13.8. The molecule has 0 fully saturated rings. The summed E-state index contributed by atoms with van der Waals surface area (Å²) in [4.78, 5) is 11.8. The van der Waals surface area contributed by atoms with Crippen molar-refractivity contribution in [2.45, 2.75) is 6.42 Å². The van der Waals surface area contributed by atoms with Crippen molar-refractivity contribution in [1.82, 2.24) is 0 Å². The minimum absolute atomic E-state index is 0.0153. The fourth-order valence-corrected chi connectivity index (χ4v) is 1.98. The molecule has 0 aliphatic carbocycles. The second kappa shape index (κ2) is 5.84. The maximum absolute atomic E-state index is 13.5. The van der Waals surface area contributed by atoms with Gasteiger partial charge in [-0.1, -0.05) is 34.1 Å². The van der Waals surface area contributed by atoms with E-state index in [9.17, 15) is 14.3 Å². The average Bonchev–Trinajstić information content (AvgIpc) is 2.37. The van der Waals surface area contributed by atoms with E-state index in [1.54, 1.807) is 24.3 Å². The van der Waals surface area contributed by atoms with E-state index < -0.39 is 11.7 Å². The monoisotopic (exact) mass is 323 g/mol. The van der Waals surface area contributed by atoms with Gasteiger partial charge in [-0.25, -0.2) is 4.39 Å². The molecule has 98 valence electrons. The molecule has 0 saturated heterocycles. The zero-order valence-corrected chi connectivity index (χ0v) is 11.4. The van der Waals surface area contributed by atoms with E-state index in [1.165, 1.54) is 18.2 Å². The summed E-state index contributed by atoms with van der Waals surface area (Å²) in [5, 5.41) is 12.0. The molecule has 2 rings (SSSR count). The lowest BCUT2D eigenvalue weighted by Gasteiger charge is -2.08. The van der Waals surface area contributed by atoms with Crippen LogP contribution in [0.1, 0.15) is 5.56 Å². The van der Waals surface area contributed by atoms with Gasteiger partial charge in [0.2, 0.25) is 5.91 Å². The summed E-state index contributed by atoms with van der Waals surface area (Å²) >= 11 is 3.21. The van der Waals surface area contributed by atoms with Crippen LogP contribution in [0, 0.1) is 5.82 Å². The summed E-state index contributed by atoms with van der Waals surface area (Å²) in [6.45, 7) is 0. The predicted molar refractivity (Wildman–Crippen MR) is 74.5 cm³/mol. The Balaban J connectivity index is 2.10. The number of hydrogen-bond donors (Lipinski definition) is 2.